The highest BCUT2D eigenvalue weighted by atomic mass is 16.6. The second-order valence-electron chi connectivity index (χ2n) is 3.80. The van der Waals surface area contributed by atoms with Gasteiger partial charge in [0.25, 0.3) is 0 Å². The fraction of sp³-hybridized carbons (Fsp3) is 0.909. The van der Waals surface area contributed by atoms with Crippen LogP contribution >= 0.6 is 0 Å². The van der Waals surface area contributed by atoms with Gasteiger partial charge in [-0.3, -0.25) is 9.63 Å². The van der Waals surface area contributed by atoms with Crippen LogP contribution in [0.5, 0.6) is 0 Å². The van der Waals surface area contributed by atoms with Gasteiger partial charge in [0.05, 0.1) is 25.9 Å². The van der Waals surface area contributed by atoms with Gasteiger partial charge in [0.2, 0.25) is 5.91 Å². The molecule has 1 unspecified atom stereocenters. The number of amides is 1. The molecule has 0 aliphatic heterocycles. The Labute approximate surface area is 108 Å². The van der Waals surface area contributed by atoms with Crippen LogP contribution in [0.15, 0.2) is 0 Å². The van der Waals surface area contributed by atoms with Gasteiger partial charge in [0, 0.05) is 13.2 Å². The summed E-state index contributed by atoms with van der Waals surface area (Å²) in [6.07, 6.45) is 1.45. The molecule has 7 heteroatoms. The first-order valence-corrected chi connectivity index (χ1v) is 6.13. The Morgan fingerprint density at radius 1 is 1.33 bits per heavy atom. The fourth-order valence-corrected chi connectivity index (χ4v) is 1.02. The molecule has 0 saturated carbocycles. The van der Waals surface area contributed by atoms with Crippen LogP contribution in [0, 0.1) is 0 Å². The number of aliphatic hydroxyl groups is 1. The van der Waals surface area contributed by atoms with Gasteiger partial charge in [0.1, 0.15) is 6.61 Å². The number of rotatable bonds is 13. The van der Waals surface area contributed by atoms with Crippen molar-refractivity contribution in [3.05, 3.63) is 0 Å². The summed E-state index contributed by atoms with van der Waals surface area (Å²) in [6, 6.07) is 0. The van der Waals surface area contributed by atoms with Crippen LogP contribution in [0.1, 0.15) is 19.8 Å². The summed E-state index contributed by atoms with van der Waals surface area (Å²) in [6.45, 7) is 3.95. The Bertz CT molecular complexity index is 204. The lowest BCUT2D eigenvalue weighted by Crippen LogP contribution is -2.33. The van der Waals surface area contributed by atoms with Crippen molar-refractivity contribution in [3.8, 4) is 0 Å². The third-order valence-corrected chi connectivity index (χ3v) is 1.96. The van der Waals surface area contributed by atoms with E-state index in [1.165, 1.54) is 0 Å². The zero-order chi connectivity index (χ0) is 13.6. The van der Waals surface area contributed by atoms with Gasteiger partial charge < -0.3 is 20.3 Å². The van der Waals surface area contributed by atoms with Crippen LogP contribution in [-0.4, -0.2) is 56.7 Å². The number of aliphatic hydroxyl groups excluding tert-OH is 1. The molecule has 7 nitrogen and oxygen atoms in total. The van der Waals surface area contributed by atoms with Crippen LogP contribution < -0.4 is 11.2 Å². The van der Waals surface area contributed by atoms with Crippen LogP contribution in [0.3, 0.4) is 0 Å². The van der Waals surface area contributed by atoms with Crippen molar-refractivity contribution in [3.63, 3.8) is 0 Å². The largest absolute Gasteiger partial charge is 0.389 e. The second-order valence-corrected chi connectivity index (χ2v) is 3.80. The van der Waals surface area contributed by atoms with Gasteiger partial charge in [-0.1, -0.05) is 13.3 Å². The summed E-state index contributed by atoms with van der Waals surface area (Å²) < 4.78 is 10.5. The molecule has 18 heavy (non-hydrogen) atoms. The van der Waals surface area contributed by atoms with Crippen molar-refractivity contribution in [2.45, 2.75) is 25.9 Å². The zero-order valence-electron chi connectivity index (χ0n) is 10.9. The van der Waals surface area contributed by atoms with E-state index in [1.807, 2.05) is 0 Å². The maximum absolute atomic E-state index is 10.3. The lowest BCUT2D eigenvalue weighted by atomic mass is 10.4. The van der Waals surface area contributed by atoms with Crippen LogP contribution in [0.4, 0.5) is 0 Å². The Balaban J connectivity index is 3.16. The maximum atomic E-state index is 10.3. The molecule has 0 aromatic carbocycles. The minimum atomic E-state index is -0.700. The monoisotopic (exact) mass is 264 g/mol. The lowest BCUT2D eigenvalue weighted by Gasteiger charge is -2.12. The Morgan fingerprint density at radius 3 is 2.72 bits per heavy atom. The average molecular weight is 264 g/mol. The molecule has 0 aliphatic carbocycles. The minimum absolute atomic E-state index is 0.171. The number of unbranched alkanes of at least 4 members (excludes halogenated alkanes) is 1. The van der Waals surface area contributed by atoms with E-state index in [4.69, 9.17) is 15.2 Å². The van der Waals surface area contributed by atoms with Gasteiger partial charge in [0.15, 0.2) is 0 Å². The summed E-state index contributed by atoms with van der Waals surface area (Å²) in [5.74, 6) is -0.572. The van der Waals surface area contributed by atoms with Crippen molar-refractivity contribution in [2.24, 2.45) is 5.73 Å². The fourth-order valence-electron chi connectivity index (χ4n) is 1.02. The van der Waals surface area contributed by atoms with Gasteiger partial charge in [-0.2, -0.15) is 5.48 Å². The van der Waals surface area contributed by atoms with Gasteiger partial charge in [-0.05, 0) is 6.42 Å². The molecule has 4 N–H and O–H groups in total. The molecule has 0 aromatic heterocycles. The van der Waals surface area contributed by atoms with E-state index in [0.717, 1.165) is 19.4 Å². The molecule has 1 atom stereocenters. The van der Waals surface area contributed by atoms with Crippen molar-refractivity contribution < 1.29 is 24.2 Å². The summed E-state index contributed by atoms with van der Waals surface area (Å²) in [5.41, 5.74) is 7.28. The molecule has 1 amide bonds. The van der Waals surface area contributed by atoms with Crippen LogP contribution in [0.2, 0.25) is 0 Å². The molecule has 0 saturated heterocycles. The zero-order valence-corrected chi connectivity index (χ0v) is 10.9. The SMILES string of the molecule is CCCCOCCOCC(O)CNOCC(N)=O. The van der Waals surface area contributed by atoms with Gasteiger partial charge in [-0.25, -0.2) is 0 Å². The molecule has 0 bridgehead atoms. The summed E-state index contributed by atoms with van der Waals surface area (Å²) in [7, 11) is 0. The normalized spacial score (nSPS) is 12.6. The van der Waals surface area contributed by atoms with Crippen molar-refractivity contribution in [2.75, 3.05) is 39.6 Å². The molecule has 0 spiro atoms. The number of hydroxylamine groups is 1. The first-order valence-electron chi connectivity index (χ1n) is 6.13. The van der Waals surface area contributed by atoms with E-state index in [2.05, 4.69) is 17.2 Å². The van der Waals surface area contributed by atoms with E-state index in [1.54, 1.807) is 0 Å². The average Bonchev–Trinajstić information content (AvgIpc) is 2.33. The minimum Gasteiger partial charge on any atom is -0.389 e. The third kappa shape index (κ3) is 13.3. The summed E-state index contributed by atoms with van der Waals surface area (Å²) >= 11 is 0. The molecular formula is C11H24N2O5. The molecule has 0 aliphatic rings. The quantitative estimate of drug-likeness (QED) is 0.297. The molecule has 0 fully saturated rings. The molecular weight excluding hydrogens is 240 g/mol. The Kier molecular flexibility index (Phi) is 12.2. The predicted octanol–water partition coefficient (Wildman–Crippen LogP) is -0.813. The Morgan fingerprint density at radius 2 is 2.06 bits per heavy atom. The number of hydrogen-bond acceptors (Lipinski definition) is 6. The number of ether oxygens (including phenoxy) is 2. The highest BCUT2D eigenvalue weighted by Gasteiger charge is 2.04. The maximum Gasteiger partial charge on any atom is 0.245 e. The van der Waals surface area contributed by atoms with E-state index in [9.17, 15) is 9.90 Å². The van der Waals surface area contributed by atoms with Crippen molar-refractivity contribution in [1.29, 1.82) is 0 Å². The Hall–Kier alpha value is -0.730. The third-order valence-electron chi connectivity index (χ3n) is 1.96. The molecule has 0 rings (SSSR count). The topological polar surface area (TPSA) is 103 Å². The number of nitrogens with two attached hydrogens (primary N) is 1. The second kappa shape index (κ2) is 12.7. The molecule has 0 heterocycles. The summed E-state index contributed by atoms with van der Waals surface area (Å²) in [4.78, 5) is 15.0. The van der Waals surface area contributed by atoms with E-state index >= 15 is 0 Å². The smallest absolute Gasteiger partial charge is 0.245 e. The van der Waals surface area contributed by atoms with Gasteiger partial charge >= 0.3 is 0 Å². The highest BCUT2D eigenvalue weighted by Crippen LogP contribution is 1.89. The summed E-state index contributed by atoms with van der Waals surface area (Å²) in [5, 5.41) is 9.43. The highest BCUT2D eigenvalue weighted by molar-refractivity contribution is 5.74. The number of hydrogen-bond donors (Lipinski definition) is 3. The first kappa shape index (κ1) is 17.3. The van der Waals surface area contributed by atoms with E-state index in [-0.39, 0.29) is 19.8 Å². The molecule has 108 valence electrons. The standard InChI is InChI=1S/C11H24N2O5/c1-2-3-4-16-5-6-17-8-10(14)7-13-18-9-11(12)15/h10,13-14H,2-9H2,1H3,(H2,12,15). The van der Waals surface area contributed by atoms with Crippen LogP contribution in [0.25, 0.3) is 0 Å². The number of carbonyl (C=O) groups is 1. The number of carbonyl (C=O) groups excluding carboxylic acids is 1. The van der Waals surface area contributed by atoms with Crippen molar-refractivity contribution in [1.82, 2.24) is 5.48 Å². The number of nitrogens with one attached hydrogen (secondary N) is 1. The molecule has 0 radical (unpaired) electrons. The number of primary amides is 1. The van der Waals surface area contributed by atoms with E-state index in [0.29, 0.717) is 13.2 Å². The van der Waals surface area contributed by atoms with Crippen molar-refractivity contribution >= 4 is 5.91 Å². The first-order chi connectivity index (χ1) is 8.66. The van der Waals surface area contributed by atoms with Crippen LogP contribution in [-0.2, 0) is 19.1 Å². The predicted molar refractivity (Wildman–Crippen MR) is 65.7 cm³/mol. The van der Waals surface area contributed by atoms with Gasteiger partial charge in [-0.15, -0.1) is 0 Å². The lowest BCUT2D eigenvalue weighted by molar-refractivity contribution is -0.126. The molecule has 0 aromatic rings. The van der Waals surface area contributed by atoms with E-state index < -0.39 is 12.0 Å².